The Morgan fingerprint density at radius 3 is 2.82 bits per heavy atom. The molecule has 1 aliphatic rings. The van der Waals surface area contributed by atoms with Crippen molar-refractivity contribution in [3.63, 3.8) is 0 Å². The fourth-order valence-corrected chi connectivity index (χ4v) is 3.32. The predicted molar refractivity (Wildman–Crippen MR) is 103 cm³/mol. The zero-order chi connectivity index (χ0) is 19.8. The van der Waals surface area contributed by atoms with Crippen LogP contribution in [-0.2, 0) is 22.5 Å². The van der Waals surface area contributed by atoms with E-state index in [0.717, 1.165) is 5.56 Å². The van der Waals surface area contributed by atoms with Crippen molar-refractivity contribution >= 4 is 12.0 Å². The lowest BCUT2D eigenvalue weighted by molar-refractivity contribution is -0.137. The zero-order valence-electron chi connectivity index (χ0n) is 15.7. The highest BCUT2D eigenvalue weighted by Gasteiger charge is 2.26. The van der Waals surface area contributed by atoms with Crippen LogP contribution in [0.25, 0.3) is 0 Å². The SMILES string of the molecule is O=C(O)CCC(Cc1ccccc1)NC(=O)N1CCOC(Cn2cccn2)C1. The summed E-state index contributed by atoms with van der Waals surface area (Å²) in [6.45, 7) is 2.04. The molecule has 1 fully saturated rings. The van der Waals surface area contributed by atoms with Crippen molar-refractivity contribution in [2.24, 2.45) is 0 Å². The number of carboxylic acids is 1. The minimum absolute atomic E-state index is 0.0167. The predicted octanol–water partition coefficient (Wildman–Crippen LogP) is 1.77. The molecule has 28 heavy (non-hydrogen) atoms. The first-order chi connectivity index (χ1) is 13.6. The van der Waals surface area contributed by atoms with E-state index >= 15 is 0 Å². The van der Waals surface area contributed by atoms with Crippen molar-refractivity contribution in [2.75, 3.05) is 19.7 Å². The van der Waals surface area contributed by atoms with Gasteiger partial charge in [0.1, 0.15) is 0 Å². The fraction of sp³-hybridized carbons (Fsp3) is 0.450. The summed E-state index contributed by atoms with van der Waals surface area (Å²) < 4.78 is 7.54. The molecule has 0 saturated carbocycles. The molecular formula is C20H26N4O4. The van der Waals surface area contributed by atoms with Crippen molar-refractivity contribution in [2.45, 2.75) is 38.0 Å². The maximum absolute atomic E-state index is 12.8. The molecule has 1 aromatic heterocycles. The molecule has 2 N–H and O–H groups in total. The van der Waals surface area contributed by atoms with Gasteiger partial charge in [-0.3, -0.25) is 9.48 Å². The zero-order valence-corrected chi connectivity index (χ0v) is 15.7. The molecule has 150 valence electrons. The summed E-state index contributed by atoms with van der Waals surface area (Å²) in [5.41, 5.74) is 1.07. The lowest BCUT2D eigenvalue weighted by atomic mass is 10.0. The molecule has 8 nitrogen and oxygen atoms in total. The monoisotopic (exact) mass is 386 g/mol. The highest BCUT2D eigenvalue weighted by Crippen LogP contribution is 2.11. The van der Waals surface area contributed by atoms with E-state index in [1.165, 1.54) is 0 Å². The maximum atomic E-state index is 12.8. The first-order valence-corrected chi connectivity index (χ1v) is 9.50. The Balaban J connectivity index is 1.57. The summed E-state index contributed by atoms with van der Waals surface area (Å²) in [5.74, 6) is -0.863. The van der Waals surface area contributed by atoms with Gasteiger partial charge in [-0.15, -0.1) is 0 Å². The van der Waals surface area contributed by atoms with E-state index in [9.17, 15) is 9.59 Å². The summed E-state index contributed by atoms with van der Waals surface area (Å²) >= 11 is 0. The smallest absolute Gasteiger partial charge is 0.317 e. The van der Waals surface area contributed by atoms with Crippen molar-refractivity contribution in [3.8, 4) is 0 Å². The Morgan fingerprint density at radius 1 is 1.29 bits per heavy atom. The van der Waals surface area contributed by atoms with E-state index < -0.39 is 5.97 Å². The molecule has 2 amide bonds. The van der Waals surface area contributed by atoms with Gasteiger partial charge in [-0.1, -0.05) is 30.3 Å². The van der Waals surface area contributed by atoms with Crippen molar-refractivity contribution in [3.05, 3.63) is 54.4 Å². The average molecular weight is 386 g/mol. The Bertz CT molecular complexity index is 751. The van der Waals surface area contributed by atoms with Crippen LogP contribution in [0.5, 0.6) is 0 Å². The third kappa shape index (κ3) is 6.09. The highest BCUT2D eigenvalue weighted by atomic mass is 16.5. The van der Waals surface area contributed by atoms with Gasteiger partial charge in [0, 0.05) is 31.4 Å². The van der Waals surface area contributed by atoms with Crippen molar-refractivity contribution in [1.29, 1.82) is 0 Å². The fourth-order valence-electron chi connectivity index (χ4n) is 3.32. The van der Waals surface area contributed by atoms with Crippen molar-refractivity contribution < 1.29 is 19.4 Å². The minimum Gasteiger partial charge on any atom is -0.481 e. The number of benzene rings is 1. The van der Waals surface area contributed by atoms with Crippen LogP contribution in [0.2, 0.25) is 0 Å². The number of rotatable bonds is 8. The Hall–Kier alpha value is -2.87. The van der Waals surface area contributed by atoms with Crippen LogP contribution in [0.4, 0.5) is 4.79 Å². The first-order valence-electron chi connectivity index (χ1n) is 9.50. The van der Waals surface area contributed by atoms with Gasteiger partial charge in [0.2, 0.25) is 0 Å². The minimum atomic E-state index is -0.863. The van der Waals surface area contributed by atoms with Gasteiger partial charge in [0.25, 0.3) is 0 Å². The molecule has 2 aromatic rings. The number of nitrogens with zero attached hydrogens (tertiary/aromatic N) is 3. The third-order valence-corrected chi connectivity index (χ3v) is 4.74. The van der Waals surface area contributed by atoms with E-state index in [-0.39, 0.29) is 24.6 Å². The second-order valence-corrected chi connectivity index (χ2v) is 6.94. The molecule has 0 radical (unpaired) electrons. The number of hydrogen-bond acceptors (Lipinski definition) is 4. The van der Waals surface area contributed by atoms with Gasteiger partial charge in [-0.25, -0.2) is 4.79 Å². The van der Waals surface area contributed by atoms with Gasteiger partial charge < -0.3 is 20.1 Å². The topological polar surface area (TPSA) is 96.7 Å². The van der Waals surface area contributed by atoms with Gasteiger partial charge in [0.05, 0.1) is 25.8 Å². The number of carboxylic acid groups (broad SMARTS) is 1. The second-order valence-electron chi connectivity index (χ2n) is 6.94. The Labute approximate surface area is 164 Å². The van der Waals surface area contributed by atoms with Crippen LogP contribution >= 0.6 is 0 Å². The number of morpholine rings is 1. The van der Waals surface area contributed by atoms with Crippen LogP contribution in [0, 0.1) is 0 Å². The molecule has 8 heteroatoms. The van der Waals surface area contributed by atoms with E-state index in [1.807, 2.05) is 42.6 Å². The summed E-state index contributed by atoms with van der Waals surface area (Å²) in [5, 5.41) is 16.2. The van der Waals surface area contributed by atoms with Crippen LogP contribution in [-0.4, -0.2) is 63.6 Å². The number of hydrogen-bond donors (Lipinski definition) is 2. The molecule has 0 aliphatic carbocycles. The summed E-state index contributed by atoms with van der Waals surface area (Å²) in [4.78, 5) is 25.5. The number of carbonyl (C=O) groups is 2. The Kier molecular flexibility index (Phi) is 7.02. The van der Waals surface area contributed by atoms with Crippen LogP contribution in [0.15, 0.2) is 48.8 Å². The average Bonchev–Trinajstić information content (AvgIpc) is 3.20. The van der Waals surface area contributed by atoms with Gasteiger partial charge in [-0.2, -0.15) is 5.10 Å². The summed E-state index contributed by atoms with van der Waals surface area (Å²) in [7, 11) is 0. The van der Waals surface area contributed by atoms with Crippen LogP contribution < -0.4 is 5.32 Å². The van der Waals surface area contributed by atoms with Gasteiger partial charge in [0.15, 0.2) is 0 Å². The molecule has 1 aromatic carbocycles. The normalized spacial score (nSPS) is 17.9. The number of aromatic nitrogens is 2. The van der Waals surface area contributed by atoms with E-state index in [0.29, 0.717) is 39.1 Å². The van der Waals surface area contributed by atoms with E-state index in [2.05, 4.69) is 10.4 Å². The lowest BCUT2D eigenvalue weighted by Crippen LogP contribution is -2.53. The Morgan fingerprint density at radius 2 is 2.11 bits per heavy atom. The summed E-state index contributed by atoms with van der Waals surface area (Å²) in [6, 6.07) is 11.2. The largest absolute Gasteiger partial charge is 0.481 e. The third-order valence-electron chi connectivity index (χ3n) is 4.74. The molecule has 0 bridgehead atoms. The standard InChI is InChI=1S/C20H26N4O4/c25-19(26)8-7-17(13-16-5-2-1-3-6-16)22-20(27)23-11-12-28-18(14-23)15-24-10-4-9-21-24/h1-6,9-10,17-18H,7-8,11-15H2,(H,22,27)(H,25,26). The maximum Gasteiger partial charge on any atom is 0.317 e. The molecule has 2 unspecified atom stereocenters. The van der Waals surface area contributed by atoms with Crippen LogP contribution in [0.1, 0.15) is 18.4 Å². The quantitative estimate of drug-likeness (QED) is 0.721. The van der Waals surface area contributed by atoms with Gasteiger partial charge in [-0.05, 0) is 24.5 Å². The molecule has 1 saturated heterocycles. The number of carbonyl (C=O) groups excluding carboxylic acids is 1. The number of aliphatic carboxylic acids is 1. The summed E-state index contributed by atoms with van der Waals surface area (Å²) in [6.07, 6.45) is 4.46. The number of nitrogens with one attached hydrogen (secondary N) is 1. The molecular weight excluding hydrogens is 360 g/mol. The number of amides is 2. The molecule has 2 atom stereocenters. The first kappa shape index (κ1) is 19.9. The van der Waals surface area contributed by atoms with Crippen molar-refractivity contribution in [1.82, 2.24) is 20.0 Å². The molecule has 3 rings (SSSR count). The second kappa shape index (κ2) is 9.89. The highest BCUT2D eigenvalue weighted by molar-refractivity contribution is 5.75. The molecule has 1 aliphatic heterocycles. The number of ether oxygens (including phenoxy) is 1. The lowest BCUT2D eigenvalue weighted by Gasteiger charge is -2.34. The molecule has 2 heterocycles. The van der Waals surface area contributed by atoms with Gasteiger partial charge >= 0.3 is 12.0 Å². The number of urea groups is 1. The molecule has 0 spiro atoms. The van der Waals surface area contributed by atoms with Crippen LogP contribution in [0.3, 0.4) is 0 Å². The van der Waals surface area contributed by atoms with E-state index in [1.54, 1.807) is 15.8 Å². The van der Waals surface area contributed by atoms with E-state index in [4.69, 9.17) is 9.84 Å².